The molecule has 1 aliphatic heterocycles. The SMILES string of the molecule is CCC(CC)C(=O)N1CCN(C[C@H](OCc2c(F)cccc2F)c2ccc(Cl)cc2)CC1. The summed E-state index contributed by atoms with van der Waals surface area (Å²) in [5.74, 6) is -0.917. The Morgan fingerprint density at radius 2 is 1.59 bits per heavy atom. The van der Waals surface area contributed by atoms with E-state index in [0.29, 0.717) is 24.7 Å². The van der Waals surface area contributed by atoms with Gasteiger partial charge >= 0.3 is 0 Å². The van der Waals surface area contributed by atoms with Crippen LogP contribution >= 0.6 is 11.6 Å². The van der Waals surface area contributed by atoms with E-state index in [1.54, 1.807) is 12.1 Å². The lowest BCUT2D eigenvalue weighted by Gasteiger charge is -2.37. The van der Waals surface area contributed by atoms with Crippen LogP contribution in [0.25, 0.3) is 0 Å². The third kappa shape index (κ3) is 6.27. The summed E-state index contributed by atoms with van der Waals surface area (Å²) < 4.78 is 34.2. The standard InChI is InChI=1S/C25H31ClF2N2O2/c1-3-18(4-2)25(31)30-14-12-29(13-15-30)16-24(19-8-10-20(26)11-9-19)32-17-21-22(27)6-5-7-23(21)28/h5-11,18,24H,3-4,12-17H2,1-2H3/t24-/m0/s1. The molecule has 174 valence electrons. The monoisotopic (exact) mass is 464 g/mol. The number of rotatable bonds is 9. The van der Waals surface area contributed by atoms with Crippen LogP contribution in [-0.2, 0) is 16.1 Å². The summed E-state index contributed by atoms with van der Waals surface area (Å²) in [6, 6.07) is 11.1. The number of hydrogen-bond donors (Lipinski definition) is 0. The summed E-state index contributed by atoms with van der Waals surface area (Å²) >= 11 is 6.03. The lowest BCUT2D eigenvalue weighted by molar-refractivity contribution is -0.137. The summed E-state index contributed by atoms with van der Waals surface area (Å²) in [4.78, 5) is 16.8. The molecule has 4 nitrogen and oxygen atoms in total. The molecule has 0 aliphatic carbocycles. The Labute approximate surface area is 194 Å². The highest BCUT2D eigenvalue weighted by Gasteiger charge is 2.27. The summed E-state index contributed by atoms with van der Waals surface area (Å²) in [6.07, 6.45) is 1.33. The van der Waals surface area contributed by atoms with Gasteiger partial charge in [-0.1, -0.05) is 43.6 Å². The Morgan fingerprint density at radius 3 is 2.16 bits per heavy atom. The molecule has 1 heterocycles. The minimum atomic E-state index is -0.617. The molecule has 1 saturated heterocycles. The fourth-order valence-electron chi connectivity index (χ4n) is 4.07. The molecule has 0 saturated carbocycles. The minimum Gasteiger partial charge on any atom is -0.367 e. The number of halogens is 3. The molecule has 0 spiro atoms. The zero-order valence-electron chi connectivity index (χ0n) is 18.7. The van der Waals surface area contributed by atoms with E-state index in [0.717, 1.165) is 31.5 Å². The van der Waals surface area contributed by atoms with Gasteiger partial charge in [-0.05, 0) is 42.7 Å². The van der Waals surface area contributed by atoms with Crippen molar-refractivity contribution in [2.45, 2.75) is 39.4 Å². The quantitative estimate of drug-likeness (QED) is 0.494. The molecule has 2 aromatic carbocycles. The van der Waals surface area contributed by atoms with Crippen LogP contribution in [0.5, 0.6) is 0 Å². The number of benzene rings is 2. The molecule has 0 aromatic heterocycles. The average molecular weight is 465 g/mol. The molecule has 0 radical (unpaired) electrons. The summed E-state index contributed by atoms with van der Waals surface area (Å²) in [5.41, 5.74) is 0.814. The average Bonchev–Trinajstić information content (AvgIpc) is 2.79. The first-order valence-electron chi connectivity index (χ1n) is 11.2. The number of carbonyl (C=O) groups excluding carboxylic acids is 1. The van der Waals surface area contributed by atoms with Crippen LogP contribution in [0.2, 0.25) is 5.02 Å². The van der Waals surface area contributed by atoms with Gasteiger partial charge in [0.1, 0.15) is 11.6 Å². The van der Waals surface area contributed by atoms with E-state index in [9.17, 15) is 13.6 Å². The number of ether oxygens (including phenoxy) is 1. The molecule has 0 N–H and O–H groups in total. The van der Waals surface area contributed by atoms with Gasteiger partial charge in [0.15, 0.2) is 0 Å². The Morgan fingerprint density at radius 1 is 1.00 bits per heavy atom. The van der Waals surface area contributed by atoms with E-state index in [-0.39, 0.29) is 30.1 Å². The third-order valence-electron chi connectivity index (χ3n) is 6.18. The first-order chi connectivity index (χ1) is 15.4. The van der Waals surface area contributed by atoms with Crippen LogP contribution in [0.3, 0.4) is 0 Å². The van der Waals surface area contributed by atoms with Crippen molar-refractivity contribution >= 4 is 17.5 Å². The lowest BCUT2D eigenvalue weighted by atomic mass is 10.0. The number of hydrogen-bond acceptors (Lipinski definition) is 3. The zero-order valence-corrected chi connectivity index (χ0v) is 19.5. The van der Waals surface area contributed by atoms with E-state index < -0.39 is 11.6 Å². The van der Waals surface area contributed by atoms with Gasteiger partial charge < -0.3 is 9.64 Å². The van der Waals surface area contributed by atoms with Crippen molar-refractivity contribution in [1.82, 2.24) is 9.80 Å². The Bertz CT molecular complexity index is 862. The highest BCUT2D eigenvalue weighted by Crippen LogP contribution is 2.25. The Hall–Kier alpha value is -2.02. The van der Waals surface area contributed by atoms with Gasteiger partial charge in [-0.3, -0.25) is 9.69 Å². The van der Waals surface area contributed by atoms with Gasteiger partial charge in [-0.15, -0.1) is 0 Å². The van der Waals surface area contributed by atoms with E-state index >= 15 is 0 Å². The number of carbonyl (C=O) groups is 1. The Kier molecular flexibility index (Phi) is 9.02. The smallest absolute Gasteiger partial charge is 0.225 e. The normalized spacial score (nSPS) is 15.9. The van der Waals surface area contributed by atoms with Gasteiger partial charge in [-0.25, -0.2) is 8.78 Å². The van der Waals surface area contributed by atoms with Crippen LogP contribution in [0.4, 0.5) is 8.78 Å². The molecule has 1 aliphatic rings. The molecule has 1 amide bonds. The second-order valence-electron chi connectivity index (χ2n) is 8.19. The second-order valence-corrected chi connectivity index (χ2v) is 8.63. The van der Waals surface area contributed by atoms with E-state index in [4.69, 9.17) is 16.3 Å². The van der Waals surface area contributed by atoms with E-state index in [1.807, 2.05) is 17.0 Å². The van der Waals surface area contributed by atoms with Crippen LogP contribution in [0, 0.1) is 17.6 Å². The van der Waals surface area contributed by atoms with Gasteiger partial charge in [0.25, 0.3) is 0 Å². The Balaban J connectivity index is 1.66. The minimum absolute atomic E-state index is 0.0768. The van der Waals surface area contributed by atoms with Crippen molar-refractivity contribution < 1.29 is 18.3 Å². The largest absolute Gasteiger partial charge is 0.367 e. The lowest BCUT2D eigenvalue weighted by Crippen LogP contribution is -2.51. The highest BCUT2D eigenvalue weighted by atomic mass is 35.5. The third-order valence-corrected chi connectivity index (χ3v) is 6.43. The predicted molar refractivity (Wildman–Crippen MR) is 122 cm³/mol. The number of nitrogens with zero attached hydrogens (tertiary/aromatic N) is 2. The molecular weight excluding hydrogens is 434 g/mol. The summed E-state index contributed by atoms with van der Waals surface area (Å²) in [6.45, 7) is 7.29. The summed E-state index contributed by atoms with van der Waals surface area (Å²) in [7, 11) is 0. The molecule has 1 atom stereocenters. The summed E-state index contributed by atoms with van der Waals surface area (Å²) in [5, 5.41) is 0.612. The molecule has 1 fully saturated rings. The molecule has 32 heavy (non-hydrogen) atoms. The van der Waals surface area contributed by atoms with Crippen molar-refractivity contribution in [3.05, 3.63) is 70.2 Å². The fourth-order valence-corrected chi connectivity index (χ4v) is 4.19. The van der Waals surface area contributed by atoms with Crippen molar-refractivity contribution in [3.8, 4) is 0 Å². The zero-order chi connectivity index (χ0) is 23.1. The maximum atomic E-state index is 14.1. The van der Waals surface area contributed by atoms with Crippen LogP contribution in [0.15, 0.2) is 42.5 Å². The van der Waals surface area contributed by atoms with Crippen molar-refractivity contribution in [2.75, 3.05) is 32.7 Å². The van der Waals surface area contributed by atoms with Crippen LogP contribution < -0.4 is 0 Å². The first-order valence-corrected chi connectivity index (χ1v) is 11.6. The molecule has 7 heteroatoms. The highest BCUT2D eigenvalue weighted by molar-refractivity contribution is 6.30. The van der Waals surface area contributed by atoms with Gasteiger partial charge in [0.05, 0.1) is 12.7 Å². The van der Waals surface area contributed by atoms with Crippen molar-refractivity contribution in [3.63, 3.8) is 0 Å². The van der Waals surface area contributed by atoms with Crippen LogP contribution in [-0.4, -0.2) is 48.4 Å². The van der Waals surface area contributed by atoms with E-state index in [2.05, 4.69) is 18.7 Å². The number of piperazine rings is 1. The van der Waals surface area contributed by atoms with Crippen LogP contribution in [0.1, 0.15) is 43.9 Å². The predicted octanol–water partition coefficient (Wildman–Crippen LogP) is 5.46. The topological polar surface area (TPSA) is 32.8 Å². The molecule has 3 rings (SSSR count). The number of amides is 1. The molecule has 0 bridgehead atoms. The van der Waals surface area contributed by atoms with Gasteiger partial charge in [0, 0.05) is 49.2 Å². The molecule has 2 aromatic rings. The van der Waals surface area contributed by atoms with Crippen molar-refractivity contribution in [2.24, 2.45) is 5.92 Å². The second kappa shape index (κ2) is 11.7. The van der Waals surface area contributed by atoms with Gasteiger partial charge in [0.2, 0.25) is 5.91 Å². The maximum Gasteiger partial charge on any atom is 0.225 e. The molecule has 0 unspecified atom stereocenters. The van der Waals surface area contributed by atoms with Gasteiger partial charge in [-0.2, -0.15) is 0 Å². The van der Waals surface area contributed by atoms with Crippen molar-refractivity contribution in [1.29, 1.82) is 0 Å². The van der Waals surface area contributed by atoms with E-state index in [1.165, 1.54) is 18.2 Å². The first kappa shape index (κ1) is 24.6. The maximum absolute atomic E-state index is 14.1. The fraction of sp³-hybridized carbons (Fsp3) is 0.480. The molecular formula is C25H31ClF2N2O2.